The Hall–Kier alpha value is -3.43. The van der Waals surface area contributed by atoms with E-state index in [4.69, 9.17) is 14.2 Å². The number of hydrogen-bond acceptors (Lipinski definition) is 8. The molecular weight excluding hydrogens is 522 g/mol. The van der Waals surface area contributed by atoms with E-state index < -0.39 is 6.23 Å². The fourth-order valence-corrected chi connectivity index (χ4v) is 4.94. The van der Waals surface area contributed by atoms with Crippen molar-refractivity contribution >= 4 is 33.3 Å². The van der Waals surface area contributed by atoms with Crippen molar-refractivity contribution in [1.29, 1.82) is 0 Å². The molecule has 0 amide bonds. The number of nitrogens with one attached hydrogen (secondary N) is 2. The van der Waals surface area contributed by atoms with Crippen molar-refractivity contribution in [3.63, 3.8) is 0 Å². The first-order valence-corrected chi connectivity index (χ1v) is 12.8. The zero-order chi connectivity index (χ0) is 25.2. The first-order chi connectivity index (χ1) is 17.5. The Labute approximate surface area is 218 Å². The van der Waals surface area contributed by atoms with Crippen LogP contribution in [0.5, 0.6) is 5.75 Å². The molecule has 1 atom stereocenters. The fourth-order valence-electron chi connectivity index (χ4n) is 4.60. The molecule has 0 fully saturated rings. The van der Waals surface area contributed by atoms with Crippen molar-refractivity contribution in [3.05, 3.63) is 75.1 Å². The van der Waals surface area contributed by atoms with Crippen molar-refractivity contribution in [3.8, 4) is 17.1 Å². The van der Waals surface area contributed by atoms with Crippen LogP contribution in [0.2, 0.25) is 0 Å². The molecule has 2 heterocycles. The summed E-state index contributed by atoms with van der Waals surface area (Å²) in [5.41, 5.74) is 7.20. The van der Waals surface area contributed by atoms with E-state index in [-0.39, 0.29) is 0 Å². The standard InChI is InChI=1S/C27H28BrN5O3/c1-4-15-7-6-8-16(5-2)22(15)31-26(34)25-19-11-9-17-14-29-27(32-23(17)24(19)33-36-25)30-20-12-10-18(28)13-21(20)35-3/h6-8,10,12-14,26,31,34H,4-5,9,11H2,1-3H3,(H,29,30,32). The molecule has 36 heavy (non-hydrogen) atoms. The van der Waals surface area contributed by atoms with Crippen LogP contribution in [-0.4, -0.2) is 27.3 Å². The molecule has 1 aliphatic rings. The maximum absolute atomic E-state index is 11.1. The normalized spacial score (nSPS) is 13.0. The van der Waals surface area contributed by atoms with Gasteiger partial charge in [0.1, 0.15) is 17.1 Å². The lowest BCUT2D eigenvalue weighted by Crippen LogP contribution is -2.15. The molecule has 0 saturated heterocycles. The molecule has 0 aliphatic heterocycles. The Morgan fingerprint density at radius 3 is 2.61 bits per heavy atom. The Kier molecular flexibility index (Phi) is 6.93. The van der Waals surface area contributed by atoms with Crippen molar-refractivity contribution < 1.29 is 14.4 Å². The summed E-state index contributed by atoms with van der Waals surface area (Å²) in [6.45, 7) is 4.21. The van der Waals surface area contributed by atoms with Crippen LogP contribution in [-0.2, 0) is 25.7 Å². The summed E-state index contributed by atoms with van der Waals surface area (Å²) in [4.78, 5) is 9.23. The number of methoxy groups -OCH3 is 1. The predicted molar refractivity (Wildman–Crippen MR) is 143 cm³/mol. The molecular formula is C27H28BrN5O3. The average Bonchev–Trinajstić information content (AvgIpc) is 3.34. The molecule has 3 N–H and O–H groups in total. The van der Waals surface area contributed by atoms with E-state index >= 15 is 0 Å². The SMILES string of the molecule is CCc1cccc(CC)c1NC(O)c1onc2c1CCc1cnc(Nc3ccc(Br)cc3OC)nc1-2. The van der Waals surface area contributed by atoms with Crippen LogP contribution in [0.4, 0.5) is 17.3 Å². The number of benzene rings is 2. The van der Waals surface area contributed by atoms with E-state index in [1.807, 2.05) is 24.4 Å². The number of nitrogens with zero attached hydrogens (tertiary/aromatic N) is 3. The van der Waals surface area contributed by atoms with Gasteiger partial charge in [-0.15, -0.1) is 0 Å². The van der Waals surface area contributed by atoms with Gasteiger partial charge in [0.2, 0.25) is 5.95 Å². The lowest BCUT2D eigenvalue weighted by atomic mass is 9.93. The van der Waals surface area contributed by atoms with Crippen LogP contribution in [0, 0.1) is 0 Å². The topological polar surface area (TPSA) is 105 Å². The number of aryl methyl sites for hydroxylation is 3. The van der Waals surface area contributed by atoms with E-state index in [2.05, 4.69) is 68.8 Å². The maximum atomic E-state index is 11.1. The number of hydrogen-bond donors (Lipinski definition) is 3. The minimum atomic E-state index is -1.02. The van der Waals surface area contributed by atoms with Gasteiger partial charge >= 0.3 is 0 Å². The first kappa shape index (κ1) is 24.3. The van der Waals surface area contributed by atoms with Gasteiger partial charge in [-0.05, 0) is 60.6 Å². The second-order valence-corrected chi connectivity index (χ2v) is 9.53. The van der Waals surface area contributed by atoms with E-state index in [1.54, 1.807) is 7.11 Å². The number of aliphatic hydroxyl groups excluding tert-OH is 1. The number of halogens is 1. The van der Waals surface area contributed by atoms with Gasteiger partial charge in [-0.2, -0.15) is 0 Å². The van der Waals surface area contributed by atoms with E-state index in [0.717, 1.165) is 57.4 Å². The van der Waals surface area contributed by atoms with Crippen molar-refractivity contribution in [1.82, 2.24) is 15.1 Å². The molecule has 9 heteroatoms. The molecule has 0 bridgehead atoms. The van der Waals surface area contributed by atoms with Crippen LogP contribution in [0.1, 0.15) is 48.1 Å². The minimum absolute atomic E-state index is 0.423. The number of aliphatic hydroxyl groups is 1. The van der Waals surface area contributed by atoms with Crippen LogP contribution < -0.4 is 15.4 Å². The maximum Gasteiger partial charge on any atom is 0.227 e. The van der Waals surface area contributed by atoms with E-state index in [1.165, 1.54) is 0 Å². The lowest BCUT2D eigenvalue weighted by Gasteiger charge is -2.20. The van der Waals surface area contributed by atoms with E-state index in [9.17, 15) is 5.11 Å². The van der Waals surface area contributed by atoms with Gasteiger partial charge in [0.15, 0.2) is 12.0 Å². The summed E-state index contributed by atoms with van der Waals surface area (Å²) in [6, 6.07) is 11.9. The summed E-state index contributed by atoms with van der Waals surface area (Å²) in [5, 5.41) is 22.0. The molecule has 2 aromatic carbocycles. The monoisotopic (exact) mass is 549 g/mol. The molecule has 1 unspecified atom stereocenters. The summed E-state index contributed by atoms with van der Waals surface area (Å²) >= 11 is 3.46. The van der Waals surface area contributed by atoms with Crippen molar-refractivity contribution in [2.24, 2.45) is 0 Å². The molecule has 186 valence electrons. The Balaban J connectivity index is 1.44. The molecule has 0 spiro atoms. The zero-order valence-electron chi connectivity index (χ0n) is 20.4. The Morgan fingerprint density at radius 1 is 1.11 bits per heavy atom. The first-order valence-electron chi connectivity index (χ1n) is 12.0. The molecule has 0 saturated carbocycles. The highest BCUT2D eigenvalue weighted by atomic mass is 79.9. The summed E-state index contributed by atoms with van der Waals surface area (Å²) in [7, 11) is 1.62. The average molecular weight is 550 g/mol. The molecule has 5 rings (SSSR count). The smallest absolute Gasteiger partial charge is 0.227 e. The quantitative estimate of drug-likeness (QED) is 0.231. The Morgan fingerprint density at radius 2 is 1.89 bits per heavy atom. The number of anilines is 3. The molecule has 0 radical (unpaired) electrons. The summed E-state index contributed by atoms with van der Waals surface area (Å²) in [6.07, 6.45) is 3.94. The number of ether oxygens (including phenoxy) is 1. The Bertz CT molecular complexity index is 1380. The molecule has 2 aromatic heterocycles. The van der Waals surface area contributed by atoms with Gasteiger partial charge in [0, 0.05) is 21.9 Å². The van der Waals surface area contributed by atoms with Gasteiger partial charge in [-0.1, -0.05) is 53.1 Å². The molecule has 1 aliphatic carbocycles. The largest absolute Gasteiger partial charge is 0.495 e. The van der Waals surface area contributed by atoms with Crippen LogP contribution in [0.3, 0.4) is 0 Å². The summed E-state index contributed by atoms with van der Waals surface area (Å²) in [5.74, 6) is 1.52. The molecule has 8 nitrogen and oxygen atoms in total. The second-order valence-electron chi connectivity index (χ2n) is 8.62. The third-order valence-electron chi connectivity index (χ3n) is 6.49. The fraction of sp³-hybridized carbons (Fsp3) is 0.296. The molecule has 4 aromatic rings. The zero-order valence-corrected chi connectivity index (χ0v) is 22.0. The van der Waals surface area contributed by atoms with Crippen LogP contribution in [0.25, 0.3) is 11.4 Å². The van der Waals surface area contributed by atoms with Gasteiger partial charge in [-0.25, -0.2) is 9.97 Å². The highest BCUT2D eigenvalue weighted by molar-refractivity contribution is 9.10. The summed E-state index contributed by atoms with van der Waals surface area (Å²) < 4.78 is 12.1. The number of fused-ring (bicyclic) bond motifs is 3. The predicted octanol–water partition coefficient (Wildman–Crippen LogP) is 5.97. The van der Waals surface area contributed by atoms with Gasteiger partial charge in [0.25, 0.3) is 0 Å². The van der Waals surface area contributed by atoms with Gasteiger partial charge in [0.05, 0.1) is 12.8 Å². The van der Waals surface area contributed by atoms with Crippen molar-refractivity contribution in [2.75, 3.05) is 17.7 Å². The van der Waals surface area contributed by atoms with Gasteiger partial charge < -0.3 is 25.0 Å². The third kappa shape index (κ3) is 4.56. The van der Waals surface area contributed by atoms with Crippen molar-refractivity contribution in [2.45, 2.75) is 45.8 Å². The number of rotatable bonds is 8. The highest BCUT2D eigenvalue weighted by Crippen LogP contribution is 2.37. The van der Waals surface area contributed by atoms with Crippen LogP contribution >= 0.6 is 15.9 Å². The number of aromatic nitrogens is 3. The number of para-hydroxylation sites is 1. The second kappa shape index (κ2) is 10.3. The third-order valence-corrected chi connectivity index (χ3v) is 6.98. The highest BCUT2D eigenvalue weighted by Gasteiger charge is 2.30. The van der Waals surface area contributed by atoms with Crippen LogP contribution in [0.15, 0.2) is 51.6 Å². The van der Waals surface area contributed by atoms with E-state index in [0.29, 0.717) is 35.3 Å². The lowest BCUT2D eigenvalue weighted by molar-refractivity contribution is 0.164. The van der Waals surface area contributed by atoms with Gasteiger partial charge in [-0.3, -0.25) is 0 Å². The minimum Gasteiger partial charge on any atom is -0.495 e.